The lowest BCUT2D eigenvalue weighted by Gasteiger charge is -1.97. The summed E-state index contributed by atoms with van der Waals surface area (Å²) in [5, 5.41) is 10.3. The van der Waals surface area contributed by atoms with Crippen molar-refractivity contribution in [2.24, 2.45) is 0 Å². The minimum absolute atomic E-state index is 0.118. The van der Waals surface area contributed by atoms with Crippen molar-refractivity contribution >= 4 is 33.6 Å². The molecule has 12 heavy (non-hydrogen) atoms. The van der Waals surface area contributed by atoms with Crippen molar-refractivity contribution in [2.75, 3.05) is 5.33 Å². The topological polar surface area (TPSA) is 20.2 Å². The van der Waals surface area contributed by atoms with E-state index in [4.69, 9.17) is 16.7 Å². The number of alkyl halides is 1. The van der Waals surface area contributed by atoms with Crippen LogP contribution in [-0.4, -0.2) is 10.4 Å². The lowest BCUT2D eigenvalue weighted by atomic mass is 10.2. The van der Waals surface area contributed by atoms with Crippen LogP contribution in [0.3, 0.4) is 0 Å². The zero-order valence-electron chi connectivity index (χ0n) is 6.30. The third-order valence-corrected chi connectivity index (χ3v) is 2.05. The molecule has 1 nitrogen and oxygen atoms in total. The number of phenols is 1. The molecule has 1 aromatic rings. The SMILES string of the molecule is Oc1ccc(C=CCBr)cc1Cl. The molecule has 0 fully saturated rings. The highest BCUT2D eigenvalue weighted by Gasteiger charge is 1.96. The Morgan fingerprint density at radius 2 is 2.25 bits per heavy atom. The molecule has 0 saturated carbocycles. The molecule has 0 unspecified atom stereocenters. The van der Waals surface area contributed by atoms with Gasteiger partial charge < -0.3 is 5.11 Å². The van der Waals surface area contributed by atoms with Gasteiger partial charge in [0.2, 0.25) is 0 Å². The van der Waals surface area contributed by atoms with Crippen molar-refractivity contribution in [2.45, 2.75) is 0 Å². The van der Waals surface area contributed by atoms with E-state index in [-0.39, 0.29) is 5.75 Å². The second-order valence-corrected chi connectivity index (χ2v) is 3.32. The first-order valence-corrected chi connectivity index (χ1v) is 4.95. The minimum atomic E-state index is 0.118. The molecule has 0 aliphatic carbocycles. The average Bonchev–Trinajstić information content (AvgIpc) is 2.07. The maximum absolute atomic E-state index is 9.10. The second kappa shape index (κ2) is 4.53. The van der Waals surface area contributed by atoms with Crippen LogP contribution in [0.1, 0.15) is 5.56 Å². The lowest BCUT2D eigenvalue weighted by molar-refractivity contribution is 0.475. The maximum Gasteiger partial charge on any atom is 0.134 e. The first-order chi connectivity index (χ1) is 5.74. The van der Waals surface area contributed by atoms with Crippen molar-refractivity contribution in [1.82, 2.24) is 0 Å². The Hall–Kier alpha value is -0.470. The number of allylic oxidation sites excluding steroid dienone is 1. The zero-order chi connectivity index (χ0) is 8.97. The predicted molar refractivity (Wildman–Crippen MR) is 55.9 cm³/mol. The van der Waals surface area contributed by atoms with Crippen LogP contribution in [-0.2, 0) is 0 Å². The quantitative estimate of drug-likeness (QED) is 0.794. The van der Waals surface area contributed by atoms with Crippen LogP contribution in [0.2, 0.25) is 5.02 Å². The summed E-state index contributed by atoms with van der Waals surface area (Å²) < 4.78 is 0. The van der Waals surface area contributed by atoms with Gasteiger partial charge in [-0.2, -0.15) is 0 Å². The van der Waals surface area contributed by atoms with Gasteiger partial charge in [-0.25, -0.2) is 0 Å². The second-order valence-electron chi connectivity index (χ2n) is 2.27. The van der Waals surface area contributed by atoms with Crippen LogP contribution >= 0.6 is 27.5 Å². The summed E-state index contributed by atoms with van der Waals surface area (Å²) in [5.41, 5.74) is 0.984. The molecule has 0 heterocycles. The Labute approximate surface area is 84.8 Å². The van der Waals surface area contributed by atoms with Gasteiger partial charge in [0, 0.05) is 5.33 Å². The Morgan fingerprint density at radius 1 is 1.50 bits per heavy atom. The monoisotopic (exact) mass is 246 g/mol. The standard InChI is InChI=1S/C9H8BrClO/c10-5-1-2-7-3-4-9(12)8(11)6-7/h1-4,6,12H,5H2. The Kier molecular flexibility index (Phi) is 3.63. The molecule has 64 valence electrons. The minimum Gasteiger partial charge on any atom is -0.506 e. The molecule has 0 atom stereocenters. The molecule has 0 aromatic heterocycles. The van der Waals surface area contributed by atoms with E-state index in [1.807, 2.05) is 12.2 Å². The van der Waals surface area contributed by atoms with E-state index in [2.05, 4.69) is 15.9 Å². The van der Waals surface area contributed by atoms with Crippen LogP contribution in [0.4, 0.5) is 0 Å². The third kappa shape index (κ3) is 2.54. The van der Waals surface area contributed by atoms with Gasteiger partial charge in [0.15, 0.2) is 0 Å². The van der Waals surface area contributed by atoms with Gasteiger partial charge in [-0.05, 0) is 17.7 Å². The molecule has 0 amide bonds. The number of phenolic OH excluding ortho intramolecular Hbond substituents is 1. The van der Waals surface area contributed by atoms with Crippen LogP contribution < -0.4 is 0 Å². The van der Waals surface area contributed by atoms with Crippen molar-refractivity contribution in [3.63, 3.8) is 0 Å². The first kappa shape index (κ1) is 9.62. The number of hydrogen-bond donors (Lipinski definition) is 1. The smallest absolute Gasteiger partial charge is 0.134 e. The summed E-state index contributed by atoms with van der Waals surface area (Å²) in [6.07, 6.45) is 3.89. The molecule has 1 N–H and O–H groups in total. The van der Waals surface area contributed by atoms with Crippen LogP contribution in [0.15, 0.2) is 24.3 Å². The van der Waals surface area contributed by atoms with E-state index < -0.39 is 0 Å². The lowest BCUT2D eigenvalue weighted by Crippen LogP contribution is -1.73. The van der Waals surface area contributed by atoms with E-state index in [9.17, 15) is 0 Å². The summed E-state index contributed by atoms with van der Waals surface area (Å²) >= 11 is 8.97. The summed E-state index contributed by atoms with van der Waals surface area (Å²) in [4.78, 5) is 0. The maximum atomic E-state index is 9.10. The Bertz CT molecular complexity index is 297. The number of hydrogen-bond acceptors (Lipinski definition) is 1. The number of rotatable bonds is 2. The highest BCUT2D eigenvalue weighted by molar-refractivity contribution is 9.09. The van der Waals surface area contributed by atoms with E-state index in [0.717, 1.165) is 10.9 Å². The largest absolute Gasteiger partial charge is 0.506 e. The summed E-state index contributed by atoms with van der Waals surface area (Å²) in [5.74, 6) is 0.118. The molecule has 0 spiro atoms. The first-order valence-electron chi connectivity index (χ1n) is 3.45. The molecule has 0 aliphatic heterocycles. The normalized spacial score (nSPS) is 10.8. The molecule has 0 radical (unpaired) electrons. The average molecular weight is 248 g/mol. The molecule has 1 rings (SSSR count). The van der Waals surface area contributed by atoms with Gasteiger partial charge in [0.25, 0.3) is 0 Å². The molecular formula is C9H8BrClO. The number of benzene rings is 1. The van der Waals surface area contributed by atoms with Gasteiger partial charge >= 0.3 is 0 Å². The van der Waals surface area contributed by atoms with Gasteiger partial charge in [-0.1, -0.05) is 45.7 Å². The van der Waals surface area contributed by atoms with Gasteiger partial charge in [0.1, 0.15) is 5.75 Å². The molecule has 1 aromatic carbocycles. The Morgan fingerprint density at radius 3 is 2.83 bits per heavy atom. The fourth-order valence-corrected chi connectivity index (χ4v) is 1.18. The van der Waals surface area contributed by atoms with Crippen molar-refractivity contribution in [3.05, 3.63) is 34.9 Å². The van der Waals surface area contributed by atoms with E-state index in [0.29, 0.717) is 5.02 Å². The van der Waals surface area contributed by atoms with Gasteiger partial charge in [0.05, 0.1) is 5.02 Å². The summed E-state index contributed by atoms with van der Waals surface area (Å²) in [7, 11) is 0. The van der Waals surface area contributed by atoms with Gasteiger partial charge in [-0.15, -0.1) is 0 Å². The molecule has 0 saturated heterocycles. The fourth-order valence-electron chi connectivity index (χ4n) is 0.807. The highest BCUT2D eigenvalue weighted by atomic mass is 79.9. The van der Waals surface area contributed by atoms with E-state index in [1.54, 1.807) is 18.2 Å². The van der Waals surface area contributed by atoms with Gasteiger partial charge in [-0.3, -0.25) is 0 Å². The van der Waals surface area contributed by atoms with Crippen LogP contribution in [0, 0.1) is 0 Å². The highest BCUT2D eigenvalue weighted by Crippen LogP contribution is 2.24. The van der Waals surface area contributed by atoms with E-state index in [1.165, 1.54) is 0 Å². The summed E-state index contributed by atoms with van der Waals surface area (Å²) in [6, 6.07) is 5.10. The zero-order valence-corrected chi connectivity index (χ0v) is 8.64. The summed E-state index contributed by atoms with van der Waals surface area (Å²) in [6.45, 7) is 0. The number of aromatic hydroxyl groups is 1. The predicted octanol–water partition coefficient (Wildman–Crippen LogP) is 3.45. The van der Waals surface area contributed by atoms with Crippen molar-refractivity contribution < 1.29 is 5.11 Å². The fraction of sp³-hybridized carbons (Fsp3) is 0.111. The number of halogens is 2. The molecular weight excluding hydrogens is 239 g/mol. The van der Waals surface area contributed by atoms with Crippen LogP contribution in [0.25, 0.3) is 6.08 Å². The van der Waals surface area contributed by atoms with Crippen molar-refractivity contribution in [3.8, 4) is 5.75 Å². The molecule has 3 heteroatoms. The van der Waals surface area contributed by atoms with E-state index >= 15 is 0 Å². The van der Waals surface area contributed by atoms with Crippen molar-refractivity contribution in [1.29, 1.82) is 0 Å². The third-order valence-electron chi connectivity index (χ3n) is 1.37. The Balaban J connectivity index is 2.89. The van der Waals surface area contributed by atoms with Crippen LogP contribution in [0.5, 0.6) is 5.75 Å². The molecule has 0 bridgehead atoms. The molecule has 0 aliphatic rings.